The number of anilines is 2. The van der Waals surface area contributed by atoms with E-state index in [1.165, 1.54) is 24.3 Å². The van der Waals surface area contributed by atoms with Gasteiger partial charge < -0.3 is 9.47 Å². The number of rotatable bonds is 8. The van der Waals surface area contributed by atoms with Gasteiger partial charge in [0.2, 0.25) is 0 Å². The number of amides is 4. The summed E-state index contributed by atoms with van der Waals surface area (Å²) in [7, 11) is 0. The van der Waals surface area contributed by atoms with Crippen molar-refractivity contribution in [2.45, 2.75) is 19.3 Å². The molecule has 0 aromatic heterocycles. The fourth-order valence-electron chi connectivity index (χ4n) is 5.36. The number of esters is 2. The van der Waals surface area contributed by atoms with Gasteiger partial charge in [0, 0.05) is 29.7 Å². The summed E-state index contributed by atoms with van der Waals surface area (Å²) in [6, 6.07) is 19.4. The number of carbonyl (C=O) groups is 6. The van der Waals surface area contributed by atoms with Crippen molar-refractivity contribution >= 4 is 111 Å². The van der Waals surface area contributed by atoms with Gasteiger partial charge in [-0.3, -0.25) is 19.2 Å². The van der Waals surface area contributed by atoms with Gasteiger partial charge in [-0.25, -0.2) is 19.4 Å². The normalized spacial score (nSPS) is 14.2. The maximum atomic E-state index is 13.2. The van der Waals surface area contributed by atoms with Crippen molar-refractivity contribution in [3.8, 4) is 11.5 Å². The topological polar surface area (TPSA) is 127 Å². The zero-order chi connectivity index (χ0) is 36.8. The monoisotopic (exact) mass is 938 g/mol. The molecule has 0 saturated carbocycles. The second-order valence-electron chi connectivity index (χ2n) is 11.7. The van der Waals surface area contributed by atoms with Gasteiger partial charge in [-0.2, -0.15) is 0 Å². The molecule has 0 aliphatic carbocycles. The van der Waals surface area contributed by atoms with E-state index in [1.807, 2.05) is 38.1 Å². The van der Waals surface area contributed by atoms with Gasteiger partial charge in [0.15, 0.2) is 11.5 Å². The molecule has 6 rings (SSSR count). The van der Waals surface area contributed by atoms with E-state index in [1.54, 1.807) is 24.3 Å². The Morgan fingerprint density at radius 2 is 0.843 bits per heavy atom. The van der Waals surface area contributed by atoms with Crippen molar-refractivity contribution in [3.05, 3.63) is 137 Å². The van der Waals surface area contributed by atoms with Crippen LogP contribution >= 0.6 is 63.7 Å². The molecule has 0 N–H and O–H groups in total. The molecule has 4 amide bonds. The summed E-state index contributed by atoms with van der Waals surface area (Å²) in [5.74, 6) is -2.94. The standard InChI is InChI=1S/C37H22Br4N2O8/c1-37(2,21-15-25(38)33(26(39)16-21)50-35(48)19-5-3-7-23(13-19)42-29(44)9-10-30(42)45)22-17-27(40)34(28(41)18-22)51-36(49)20-6-4-8-24(14-20)43-31(46)11-12-32(43)47/h3-18H,1-2H3. The predicted molar refractivity (Wildman–Crippen MR) is 202 cm³/mol. The number of hydrogen-bond acceptors (Lipinski definition) is 8. The average molecular weight is 942 g/mol. The Bertz CT molecular complexity index is 2040. The lowest BCUT2D eigenvalue weighted by Crippen LogP contribution is -2.29. The summed E-state index contributed by atoms with van der Waals surface area (Å²) in [6.45, 7) is 3.99. The highest BCUT2D eigenvalue weighted by Crippen LogP contribution is 2.44. The van der Waals surface area contributed by atoms with Gasteiger partial charge >= 0.3 is 11.9 Å². The van der Waals surface area contributed by atoms with Gasteiger partial charge in [-0.05, 0) is 136 Å². The minimum Gasteiger partial charge on any atom is -0.421 e. The molecule has 51 heavy (non-hydrogen) atoms. The lowest BCUT2D eigenvalue weighted by Gasteiger charge is -2.28. The summed E-state index contributed by atoms with van der Waals surface area (Å²) in [5, 5.41) is 0. The first kappa shape index (κ1) is 36.3. The molecule has 10 nitrogen and oxygen atoms in total. The number of ether oxygens (including phenoxy) is 2. The SMILES string of the molecule is CC(C)(c1cc(Br)c(OC(=O)c2cccc(N3C(=O)C=CC3=O)c2)c(Br)c1)c1cc(Br)c(OC(=O)c2cccc(N3C(=O)C=CC3=O)c2)c(Br)c1. The maximum Gasteiger partial charge on any atom is 0.343 e. The summed E-state index contributed by atoms with van der Waals surface area (Å²) >= 11 is 14.2. The Morgan fingerprint density at radius 3 is 1.16 bits per heavy atom. The third-order valence-corrected chi connectivity index (χ3v) is 10.5. The average Bonchev–Trinajstić information content (AvgIpc) is 3.62. The van der Waals surface area contributed by atoms with Crippen molar-refractivity contribution in [1.29, 1.82) is 0 Å². The molecule has 0 radical (unpaired) electrons. The highest BCUT2D eigenvalue weighted by atomic mass is 79.9. The molecule has 256 valence electrons. The highest BCUT2D eigenvalue weighted by Gasteiger charge is 2.30. The van der Waals surface area contributed by atoms with Crippen LogP contribution in [0.5, 0.6) is 11.5 Å². The molecule has 0 bridgehead atoms. The van der Waals surface area contributed by atoms with E-state index in [4.69, 9.17) is 9.47 Å². The molecule has 0 spiro atoms. The molecule has 0 fully saturated rings. The largest absolute Gasteiger partial charge is 0.421 e. The molecule has 0 atom stereocenters. The van der Waals surface area contributed by atoms with Crippen molar-refractivity contribution < 1.29 is 38.2 Å². The maximum absolute atomic E-state index is 13.2. The lowest BCUT2D eigenvalue weighted by atomic mass is 9.78. The fourth-order valence-corrected chi connectivity index (χ4v) is 8.06. The third-order valence-electron chi connectivity index (χ3n) is 8.13. The van der Waals surface area contributed by atoms with Crippen LogP contribution in [0.1, 0.15) is 45.7 Å². The van der Waals surface area contributed by atoms with Gasteiger partial charge in [0.25, 0.3) is 23.6 Å². The van der Waals surface area contributed by atoms with E-state index < -0.39 is 41.0 Å². The van der Waals surface area contributed by atoms with E-state index in [-0.39, 0.29) is 34.0 Å². The zero-order valence-electron chi connectivity index (χ0n) is 26.4. The predicted octanol–water partition coefficient (Wildman–Crippen LogP) is 8.36. The first-order valence-corrected chi connectivity index (χ1v) is 18.1. The number of benzene rings is 4. The molecule has 4 aromatic carbocycles. The minimum atomic E-state index is -0.697. The molecule has 14 heteroatoms. The Hall–Kier alpha value is -4.50. The zero-order valence-corrected chi connectivity index (χ0v) is 32.8. The van der Waals surface area contributed by atoms with Crippen LogP contribution in [0.2, 0.25) is 0 Å². The lowest BCUT2D eigenvalue weighted by molar-refractivity contribution is -0.121. The summed E-state index contributed by atoms with van der Waals surface area (Å²) in [6.07, 6.45) is 4.65. The number of hydrogen-bond donors (Lipinski definition) is 0. The molecule has 0 saturated heterocycles. The van der Waals surface area contributed by atoms with E-state index in [2.05, 4.69) is 63.7 Å². The minimum absolute atomic E-state index is 0.139. The van der Waals surface area contributed by atoms with Gasteiger partial charge in [-0.15, -0.1) is 0 Å². The second-order valence-corrected chi connectivity index (χ2v) is 15.2. The number of imide groups is 2. The molecule has 4 aromatic rings. The quantitative estimate of drug-likeness (QED) is 0.0981. The van der Waals surface area contributed by atoms with Crippen LogP contribution in [-0.2, 0) is 24.6 Å². The Kier molecular flexibility index (Phi) is 10.1. The van der Waals surface area contributed by atoms with Crippen molar-refractivity contribution in [1.82, 2.24) is 0 Å². The molecular weight excluding hydrogens is 920 g/mol. The van der Waals surface area contributed by atoms with Gasteiger partial charge in [-0.1, -0.05) is 26.0 Å². The first-order valence-electron chi connectivity index (χ1n) is 14.9. The second kappa shape index (κ2) is 14.3. The van der Waals surface area contributed by atoms with Crippen LogP contribution in [0.15, 0.2) is 115 Å². The van der Waals surface area contributed by atoms with Crippen LogP contribution in [-0.4, -0.2) is 35.6 Å². The number of halogens is 4. The van der Waals surface area contributed by atoms with Crippen LogP contribution in [0.4, 0.5) is 11.4 Å². The molecular formula is C37H22Br4N2O8. The Balaban J connectivity index is 1.20. The molecule has 2 heterocycles. The van der Waals surface area contributed by atoms with E-state index in [9.17, 15) is 28.8 Å². The summed E-state index contributed by atoms with van der Waals surface area (Å²) in [4.78, 5) is 76.8. The van der Waals surface area contributed by atoms with Crippen molar-refractivity contribution in [2.24, 2.45) is 0 Å². The van der Waals surface area contributed by atoms with E-state index in [0.717, 1.165) is 45.2 Å². The van der Waals surface area contributed by atoms with Crippen LogP contribution < -0.4 is 19.3 Å². The number of carbonyl (C=O) groups excluding carboxylic acids is 6. The number of nitrogens with zero attached hydrogens (tertiary/aromatic N) is 2. The smallest absolute Gasteiger partial charge is 0.343 e. The Morgan fingerprint density at radius 1 is 0.529 bits per heavy atom. The molecule has 2 aliphatic heterocycles. The highest BCUT2D eigenvalue weighted by molar-refractivity contribution is 9.11. The van der Waals surface area contributed by atoms with E-state index >= 15 is 0 Å². The molecule has 2 aliphatic rings. The van der Waals surface area contributed by atoms with Crippen molar-refractivity contribution in [2.75, 3.05) is 9.80 Å². The van der Waals surface area contributed by atoms with Gasteiger partial charge in [0.1, 0.15) is 0 Å². The summed E-state index contributed by atoms with van der Waals surface area (Å²) < 4.78 is 13.4. The third kappa shape index (κ3) is 7.18. The molecule has 0 unspecified atom stereocenters. The van der Waals surface area contributed by atoms with Crippen LogP contribution in [0, 0.1) is 0 Å². The first-order chi connectivity index (χ1) is 24.1. The van der Waals surface area contributed by atoms with E-state index in [0.29, 0.717) is 17.9 Å². The van der Waals surface area contributed by atoms with Crippen molar-refractivity contribution in [3.63, 3.8) is 0 Å². The van der Waals surface area contributed by atoms with Crippen LogP contribution in [0.3, 0.4) is 0 Å². The Labute approximate surface area is 324 Å². The fraction of sp³-hybridized carbons (Fsp3) is 0.0811. The van der Waals surface area contributed by atoms with Gasteiger partial charge in [0.05, 0.1) is 40.4 Å². The van der Waals surface area contributed by atoms with Crippen LogP contribution in [0.25, 0.3) is 0 Å². The summed E-state index contributed by atoms with van der Waals surface area (Å²) in [5.41, 5.74) is 1.82.